The number of hydrogen-bond acceptors (Lipinski definition) is 6. The lowest BCUT2D eigenvalue weighted by Gasteiger charge is -2.12. The standard InChI is InChI=1S/C16H13ClN2O4S/c17-11-5-3-10(4-6-11)15-18-12(9-24-15)16(22)23-8-14(21)19-7-1-2-13(19)20/h3-6,9H,1-2,7-8H2. The van der Waals surface area contributed by atoms with Crippen LogP contribution in [0.4, 0.5) is 0 Å². The summed E-state index contributed by atoms with van der Waals surface area (Å²) >= 11 is 7.13. The van der Waals surface area contributed by atoms with Gasteiger partial charge in [-0.25, -0.2) is 9.78 Å². The maximum Gasteiger partial charge on any atom is 0.358 e. The molecule has 2 aromatic rings. The molecule has 8 heteroatoms. The number of rotatable bonds is 4. The number of hydrogen-bond donors (Lipinski definition) is 0. The number of ether oxygens (including phenoxy) is 1. The van der Waals surface area contributed by atoms with Crippen LogP contribution < -0.4 is 0 Å². The van der Waals surface area contributed by atoms with Crippen LogP contribution in [0.5, 0.6) is 0 Å². The van der Waals surface area contributed by atoms with Crippen LogP contribution >= 0.6 is 22.9 Å². The third-order valence-electron chi connectivity index (χ3n) is 3.51. The number of halogens is 1. The highest BCUT2D eigenvalue weighted by atomic mass is 35.5. The van der Waals surface area contributed by atoms with Gasteiger partial charge in [-0.05, 0) is 18.6 Å². The third-order valence-corrected chi connectivity index (χ3v) is 4.65. The van der Waals surface area contributed by atoms with E-state index in [-0.39, 0.29) is 11.6 Å². The summed E-state index contributed by atoms with van der Waals surface area (Å²) < 4.78 is 4.96. The fourth-order valence-corrected chi connectivity index (χ4v) is 3.20. The average molecular weight is 365 g/mol. The van der Waals surface area contributed by atoms with E-state index < -0.39 is 18.5 Å². The Balaban J connectivity index is 1.60. The average Bonchev–Trinajstić information content (AvgIpc) is 3.22. The van der Waals surface area contributed by atoms with E-state index in [2.05, 4.69) is 4.98 Å². The second-order valence-corrected chi connectivity index (χ2v) is 6.46. The van der Waals surface area contributed by atoms with E-state index in [1.54, 1.807) is 29.6 Å². The quantitative estimate of drug-likeness (QED) is 0.780. The topological polar surface area (TPSA) is 76.6 Å². The van der Waals surface area contributed by atoms with E-state index in [1.807, 2.05) is 0 Å². The van der Waals surface area contributed by atoms with E-state index in [0.717, 1.165) is 10.5 Å². The van der Waals surface area contributed by atoms with Gasteiger partial charge in [0.2, 0.25) is 5.91 Å². The Morgan fingerprint density at radius 3 is 2.71 bits per heavy atom. The highest BCUT2D eigenvalue weighted by molar-refractivity contribution is 7.13. The predicted octanol–water partition coefficient (Wildman–Crippen LogP) is 2.77. The molecule has 0 saturated carbocycles. The minimum Gasteiger partial charge on any atom is -0.451 e. The van der Waals surface area contributed by atoms with Crippen molar-refractivity contribution in [1.82, 2.24) is 9.88 Å². The van der Waals surface area contributed by atoms with Crippen LogP contribution in [0.1, 0.15) is 23.3 Å². The number of carbonyl (C=O) groups is 3. The summed E-state index contributed by atoms with van der Waals surface area (Å²) in [6, 6.07) is 7.08. The highest BCUT2D eigenvalue weighted by Gasteiger charge is 2.27. The van der Waals surface area contributed by atoms with Crippen molar-refractivity contribution in [2.75, 3.05) is 13.2 Å². The van der Waals surface area contributed by atoms with Crippen molar-refractivity contribution < 1.29 is 19.1 Å². The zero-order valence-electron chi connectivity index (χ0n) is 12.5. The first kappa shape index (κ1) is 16.6. The molecule has 1 saturated heterocycles. The Morgan fingerprint density at radius 1 is 1.29 bits per heavy atom. The van der Waals surface area contributed by atoms with Gasteiger partial charge in [0.05, 0.1) is 0 Å². The van der Waals surface area contributed by atoms with Crippen molar-refractivity contribution in [3.8, 4) is 10.6 Å². The van der Waals surface area contributed by atoms with E-state index in [0.29, 0.717) is 29.4 Å². The first-order valence-corrected chi connectivity index (χ1v) is 8.52. The van der Waals surface area contributed by atoms with Crippen LogP contribution in [0.3, 0.4) is 0 Å². The summed E-state index contributed by atoms with van der Waals surface area (Å²) in [7, 11) is 0. The van der Waals surface area contributed by atoms with E-state index in [4.69, 9.17) is 16.3 Å². The Kier molecular flexibility index (Phi) is 4.92. The third kappa shape index (κ3) is 3.63. The molecule has 1 aliphatic rings. The van der Waals surface area contributed by atoms with Crippen molar-refractivity contribution in [2.45, 2.75) is 12.8 Å². The molecule has 0 radical (unpaired) electrons. The Hall–Kier alpha value is -2.25. The zero-order valence-corrected chi connectivity index (χ0v) is 14.1. The number of amides is 2. The summed E-state index contributed by atoms with van der Waals surface area (Å²) in [5, 5.41) is 2.84. The molecule has 2 amide bonds. The molecule has 0 aliphatic carbocycles. The number of nitrogens with zero attached hydrogens (tertiary/aromatic N) is 2. The molecule has 0 unspecified atom stereocenters. The van der Waals surface area contributed by atoms with Gasteiger partial charge < -0.3 is 4.74 Å². The normalized spacial score (nSPS) is 14.0. The fraction of sp³-hybridized carbons (Fsp3) is 0.250. The van der Waals surface area contributed by atoms with Crippen molar-refractivity contribution in [3.63, 3.8) is 0 Å². The summed E-state index contributed by atoms with van der Waals surface area (Å²) in [6.45, 7) is -0.0784. The first-order valence-electron chi connectivity index (χ1n) is 7.26. The molecule has 0 atom stereocenters. The molecule has 1 aromatic carbocycles. The van der Waals surface area contributed by atoms with Crippen LogP contribution in [-0.2, 0) is 14.3 Å². The van der Waals surface area contributed by atoms with Gasteiger partial charge in [-0.15, -0.1) is 11.3 Å². The van der Waals surface area contributed by atoms with Crippen LogP contribution in [-0.4, -0.2) is 40.8 Å². The largest absolute Gasteiger partial charge is 0.451 e. The second-order valence-electron chi connectivity index (χ2n) is 5.16. The monoisotopic (exact) mass is 364 g/mol. The van der Waals surface area contributed by atoms with Gasteiger partial charge in [0, 0.05) is 28.9 Å². The molecule has 0 N–H and O–H groups in total. The molecule has 1 aromatic heterocycles. The van der Waals surface area contributed by atoms with Gasteiger partial charge in [-0.2, -0.15) is 0 Å². The molecule has 6 nitrogen and oxygen atoms in total. The lowest BCUT2D eigenvalue weighted by atomic mass is 10.2. The molecule has 1 fully saturated rings. The molecule has 3 rings (SSSR count). The number of likely N-dealkylation sites (tertiary alicyclic amines) is 1. The molecular formula is C16H13ClN2O4S. The van der Waals surface area contributed by atoms with Crippen molar-refractivity contribution in [3.05, 3.63) is 40.4 Å². The Labute approximate surface area is 147 Å². The number of aromatic nitrogens is 1. The van der Waals surface area contributed by atoms with Gasteiger partial charge in [-0.3, -0.25) is 14.5 Å². The maximum atomic E-state index is 12.0. The summed E-state index contributed by atoms with van der Waals surface area (Å²) in [6.07, 6.45) is 1.01. The van der Waals surface area contributed by atoms with Crippen molar-refractivity contribution in [1.29, 1.82) is 0 Å². The van der Waals surface area contributed by atoms with Gasteiger partial charge in [0.15, 0.2) is 12.3 Å². The van der Waals surface area contributed by atoms with Crippen molar-refractivity contribution in [2.24, 2.45) is 0 Å². The Bertz CT molecular complexity index is 788. The summed E-state index contributed by atoms with van der Waals surface area (Å²) in [5.74, 6) is -1.42. The van der Waals surface area contributed by atoms with Crippen LogP contribution in [0, 0.1) is 0 Å². The first-order chi connectivity index (χ1) is 11.5. The molecule has 2 heterocycles. The number of imide groups is 1. The molecule has 124 valence electrons. The molecular weight excluding hydrogens is 352 g/mol. The van der Waals surface area contributed by atoms with E-state index in [9.17, 15) is 14.4 Å². The minimum absolute atomic E-state index is 0.130. The zero-order chi connectivity index (χ0) is 17.1. The summed E-state index contributed by atoms with van der Waals surface area (Å²) in [4.78, 5) is 40.6. The van der Waals surface area contributed by atoms with E-state index in [1.165, 1.54) is 11.3 Å². The number of benzene rings is 1. The molecule has 0 spiro atoms. The highest BCUT2D eigenvalue weighted by Crippen LogP contribution is 2.25. The Morgan fingerprint density at radius 2 is 2.04 bits per heavy atom. The molecule has 1 aliphatic heterocycles. The van der Waals surface area contributed by atoms with Crippen LogP contribution in [0.15, 0.2) is 29.6 Å². The van der Waals surface area contributed by atoms with Crippen LogP contribution in [0.2, 0.25) is 5.02 Å². The number of carbonyl (C=O) groups excluding carboxylic acids is 3. The van der Waals surface area contributed by atoms with Gasteiger partial charge in [-0.1, -0.05) is 23.7 Å². The summed E-state index contributed by atoms with van der Waals surface area (Å²) in [5.41, 5.74) is 0.965. The lowest BCUT2D eigenvalue weighted by molar-refractivity contribution is -0.143. The van der Waals surface area contributed by atoms with Crippen molar-refractivity contribution >= 4 is 40.7 Å². The number of esters is 1. The van der Waals surface area contributed by atoms with Crippen LogP contribution in [0.25, 0.3) is 10.6 Å². The maximum absolute atomic E-state index is 12.0. The van der Waals surface area contributed by atoms with E-state index >= 15 is 0 Å². The smallest absolute Gasteiger partial charge is 0.358 e. The van der Waals surface area contributed by atoms with Gasteiger partial charge in [0.1, 0.15) is 5.01 Å². The fourth-order valence-electron chi connectivity index (χ4n) is 2.28. The SMILES string of the molecule is O=C(OCC(=O)N1CCCC1=O)c1csc(-c2ccc(Cl)cc2)n1. The van der Waals surface area contributed by atoms with Gasteiger partial charge in [0.25, 0.3) is 5.91 Å². The lowest BCUT2D eigenvalue weighted by Crippen LogP contribution is -2.35. The second kappa shape index (κ2) is 7.11. The predicted molar refractivity (Wildman–Crippen MR) is 88.8 cm³/mol. The molecule has 24 heavy (non-hydrogen) atoms. The number of thiazole rings is 1. The molecule has 0 bridgehead atoms. The van der Waals surface area contributed by atoms with Gasteiger partial charge >= 0.3 is 5.97 Å². The minimum atomic E-state index is -0.688.